The quantitative estimate of drug-likeness (QED) is 0.825. The number of amides is 2. The Morgan fingerprint density at radius 3 is 2.70 bits per heavy atom. The number of anilines is 1. The summed E-state index contributed by atoms with van der Waals surface area (Å²) < 4.78 is 18.8. The van der Waals surface area contributed by atoms with Crippen LogP contribution in [0.2, 0.25) is 0 Å². The van der Waals surface area contributed by atoms with Gasteiger partial charge in [-0.15, -0.1) is 0 Å². The van der Waals surface area contributed by atoms with Gasteiger partial charge in [-0.1, -0.05) is 31.2 Å². The van der Waals surface area contributed by atoms with Gasteiger partial charge in [0, 0.05) is 12.6 Å². The van der Waals surface area contributed by atoms with Gasteiger partial charge in [-0.25, -0.2) is 4.39 Å². The Hall–Kier alpha value is -3.15. The predicted octanol–water partition coefficient (Wildman–Crippen LogP) is 3.16. The zero-order valence-corrected chi connectivity index (χ0v) is 15.0. The Balaban J connectivity index is 1.80. The van der Waals surface area contributed by atoms with Gasteiger partial charge in [0.15, 0.2) is 6.10 Å². The first-order valence-corrected chi connectivity index (χ1v) is 8.87. The van der Waals surface area contributed by atoms with Gasteiger partial charge in [-0.05, 0) is 42.3 Å². The standard InChI is InChI=1S/C21H21FN2O3/c1-2-13-23-21(26)19-14-24(17-5-3-4-6-18(17)27-19)20(25)12-9-15-7-10-16(22)11-8-15/h3-12,19H,2,13-14H2,1H3,(H,23,26)/b12-9+/t19-/m0/s1. The number of fused-ring (bicyclic) bond motifs is 1. The smallest absolute Gasteiger partial charge is 0.262 e. The molecule has 0 radical (unpaired) electrons. The van der Waals surface area contributed by atoms with Crippen molar-refractivity contribution in [3.8, 4) is 5.75 Å². The highest BCUT2D eigenvalue weighted by atomic mass is 19.1. The zero-order chi connectivity index (χ0) is 19.2. The molecule has 2 amide bonds. The molecule has 1 heterocycles. The lowest BCUT2D eigenvalue weighted by Crippen LogP contribution is -2.50. The molecule has 140 valence electrons. The van der Waals surface area contributed by atoms with E-state index in [1.807, 2.05) is 13.0 Å². The fourth-order valence-corrected chi connectivity index (χ4v) is 2.77. The van der Waals surface area contributed by atoms with E-state index in [1.54, 1.807) is 36.4 Å². The molecule has 1 aliphatic rings. The highest BCUT2D eigenvalue weighted by molar-refractivity contribution is 6.05. The van der Waals surface area contributed by atoms with Crippen LogP contribution in [-0.2, 0) is 9.59 Å². The van der Waals surface area contributed by atoms with Gasteiger partial charge >= 0.3 is 0 Å². The number of carbonyl (C=O) groups is 2. The summed E-state index contributed by atoms with van der Waals surface area (Å²) in [6.45, 7) is 2.64. The summed E-state index contributed by atoms with van der Waals surface area (Å²) >= 11 is 0. The van der Waals surface area contributed by atoms with E-state index in [-0.39, 0.29) is 24.2 Å². The summed E-state index contributed by atoms with van der Waals surface area (Å²) in [5.41, 5.74) is 1.33. The van der Waals surface area contributed by atoms with E-state index in [4.69, 9.17) is 4.74 Å². The topological polar surface area (TPSA) is 58.6 Å². The Morgan fingerprint density at radius 1 is 1.22 bits per heavy atom. The monoisotopic (exact) mass is 368 g/mol. The van der Waals surface area contributed by atoms with Crippen molar-refractivity contribution in [1.82, 2.24) is 5.32 Å². The summed E-state index contributed by atoms with van der Waals surface area (Å²) in [6, 6.07) is 13.0. The van der Waals surface area contributed by atoms with Crippen LogP contribution in [0.5, 0.6) is 5.75 Å². The lowest BCUT2D eigenvalue weighted by Gasteiger charge is -2.33. The van der Waals surface area contributed by atoms with Gasteiger partial charge in [0.05, 0.1) is 12.2 Å². The van der Waals surface area contributed by atoms with Crippen molar-refractivity contribution in [2.24, 2.45) is 0 Å². The van der Waals surface area contributed by atoms with Crippen molar-refractivity contribution in [1.29, 1.82) is 0 Å². The molecule has 6 heteroatoms. The zero-order valence-electron chi connectivity index (χ0n) is 15.0. The number of carbonyl (C=O) groups excluding carboxylic acids is 2. The van der Waals surface area contributed by atoms with Crippen LogP contribution < -0.4 is 15.0 Å². The van der Waals surface area contributed by atoms with E-state index in [1.165, 1.54) is 23.1 Å². The van der Waals surface area contributed by atoms with Crippen molar-refractivity contribution < 1.29 is 18.7 Å². The molecule has 0 aliphatic carbocycles. The summed E-state index contributed by atoms with van der Waals surface area (Å²) in [5, 5.41) is 2.80. The Bertz CT molecular complexity index is 849. The Morgan fingerprint density at radius 2 is 1.96 bits per heavy atom. The Kier molecular flexibility index (Phi) is 5.86. The molecule has 5 nitrogen and oxygen atoms in total. The fraction of sp³-hybridized carbons (Fsp3) is 0.238. The molecule has 1 aliphatic heterocycles. The molecule has 0 saturated heterocycles. The van der Waals surface area contributed by atoms with E-state index >= 15 is 0 Å². The maximum absolute atomic E-state index is 13.0. The summed E-state index contributed by atoms with van der Waals surface area (Å²) in [7, 11) is 0. The number of halogens is 1. The van der Waals surface area contributed by atoms with Gasteiger partial charge < -0.3 is 15.0 Å². The van der Waals surface area contributed by atoms with Crippen molar-refractivity contribution in [3.63, 3.8) is 0 Å². The van der Waals surface area contributed by atoms with Gasteiger partial charge in [0.2, 0.25) is 0 Å². The van der Waals surface area contributed by atoms with Crippen LogP contribution in [0.1, 0.15) is 18.9 Å². The second-order valence-corrected chi connectivity index (χ2v) is 6.20. The number of nitrogens with one attached hydrogen (secondary N) is 1. The molecule has 0 aromatic heterocycles. The van der Waals surface area contributed by atoms with Crippen LogP contribution in [0.15, 0.2) is 54.6 Å². The highest BCUT2D eigenvalue weighted by Crippen LogP contribution is 2.33. The minimum atomic E-state index is -0.769. The Labute approximate surface area is 157 Å². The number of rotatable bonds is 5. The first kappa shape index (κ1) is 18.6. The van der Waals surface area contributed by atoms with Crippen molar-refractivity contribution in [3.05, 3.63) is 66.0 Å². The van der Waals surface area contributed by atoms with E-state index in [9.17, 15) is 14.0 Å². The molecule has 0 saturated carbocycles. The predicted molar refractivity (Wildman–Crippen MR) is 102 cm³/mol. The van der Waals surface area contributed by atoms with Gasteiger partial charge in [-0.3, -0.25) is 9.59 Å². The SMILES string of the molecule is CCCNC(=O)[C@@H]1CN(C(=O)/C=C/c2ccc(F)cc2)c2ccccc2O1. The minimum absolute atomic E-state index is 0.124. The lowest BCUT2D eigenvalue weighted by atomic mass is 10.1. The van der Waals surface area contributed by atoms with Crippen LogP contribution in [0, 0.1) is 5.82 Å². The molecule has 2 aromatic rings. The molecule has 0 bridgehead atoms. The average molecular weight is 368 g/mol. The van der Waals surface area contributed by atoms with Crippen LogP contribution in [0.3, 0.4) is 0 Å². The van der Waals surface area contributed by atoms with E-state index in [2.05, 4.69) is 5.32 Å². The summed E-state index contributed by atoms with van der Waals surface area (Å²) in [4.78, 5) is 26.6. The molecule has 3 rings (SSSR count). The number of hydrogen-bond donors (Lipinski definition) is 1. The van der Waals surface area contributed by atoms with Gasteiger partial charge in [0.1, 0.15) is 11.6 Å². The molecule has 1 N–H and O–H groups in total. The van der Waals surface area contributed by atoms with Crippen LogP contribution >= 0.6 is 0 Å². The third-order valence-electron chi connectivity index (χ3n) is 4.17. The maximum atomic E-state index is 13.0. The number of para-hydroxylation sites is 2. The van der Waals surface area contributed by atoms with Crippen molar-refractivity contribution >= 4 is 23.6 Å². The van der Waals surface area contributed by atoms with E-state index in [0.29, 0.717) is 23.5 Å². The fourth-order valence-electron chi connectivity index (χ4n) is 2.77. The number of ether oxygens (including phenoxy) is 1. The third kappa shape index (κ3) is 4.53. The molecular weight excluding hydrogens is 347 g/mol. The van der Waals surface area contributed by atoms with E-state index in [0.717, 1.165) is 6.42 Å². The number of benzene rings is 2. The molecule has 27 heavy (non-hydrogen) atoms. The van der Waals surface area contributed by atoms with Crippen LogP contribution in [-0.4, -0.2) is 31.0 Å². The first-order chi connectivity index (χ1) is 13.1. The van der Waals surface area contributed by atoms with Crippen molar-refractivity contribution in [2.45, 2.75) is 19.4 Å². The highest BCUT2D eigenvalue weighted by Gasteiger charge is 2.32. The summed E-state index contributed by atoms with van der Waals surface area (Å²) in [5.74, 6) is -0.361. The lowest BCUT2D eigenvalue weighted by molar-refractivity contribution is -0.128. The molecule has 0 fully saturated rings. The molecule has 1 atom stereocenters. The molecule has 0 unspecified atom stereocenters. The van der Waals surface area contributed by atoms with Gasteiger partial charge in [0.25, 0.3) is 11.8 Å². The molecular formula is C21H21FN2O3. The minimum Gasteiger partial charge on any atom is -0.477 e. The number of nitrogens with zero attached hydrogens (tertiary/aromatic N) is 1. The normalized spacial score (nSPS) is 15.9. The van der Waals surface area contributed by atoms with Crippen LogP contribution in [0.4, 0.5) is 10.1 Å². The molecule has 2 aromatic carbocycles. The average Bonchev–Trinajstić information content (AvgIpc) is 2.70. The van der Waals surface area contributed by atoms with Crippen LogP contribution in [0.25, 0.3) is 6.08 Å². The second kappa shape index (κ2) is 8.49. The first-order valence-electron chi connectivity index (χ1n) is 8.87. The van der Waals surface area contributed by atoms with Crippen molar-refractivity contribution in [2.75, 3.05) is 18.0 Å². The maximum Gasteiger partial charge on any atom is 0.262 e. The largest absolute Gasteiger partial charge is 0.477 e. The number of hydrogen-bond acceptors (Lipinski definition) is 3. The van der Waals surface area contributed by atoms with Gasteiger partial charge in [-0.2, -0.15) is 0 Å². The molecule has 0 spiro atoms. The third-order valence-corrected chi connectivity index (χ3v) is 4.17. The second-order valence-electron chi connectivity index (χ2n) is 6.20. The van der Waals surface area contributed by atoms with E-state index < -0.39 is 6.10 Å². The summed E-state index contributed by atoms with van der Waals surface area (Å²) in [6.07, 6.45) is 3.08.